The molecule has 0 aromatic carbocycles. The number of aromatic nitrogens is 7. The van der Waals surface area contributed by atoms with Gasteiger partial charge in [-0.05, 0) is 60.9 Å². The lowest BCUT2D eigenvalue weighted by atomic mass is 9.42. The Morgan fingerprint density at radius 1 is 1.06 bits per heavy atom. The predicted molar refractivity (Wildman–Crippen MR) is 133 cm³/mol. The minimum Gasteiger partial charge on any atom is -0.322 e. The second-order valence-corrected chi connectivity index (χ2v) is 10.6. The predicted octanol–water partition coefficient (Wildman–Crippen LogP) is 4.12. The van der Waals surface area contributed by atoms with Gasteiger partial charge in [-0.2, -0.15) is 0 Å². The Morgan fingerprint density at radius 3 is 2.75 bits per heavy atom. The summed E-state index contributed by atoms with van der Waals surface area (Å²) >= 11 is 0. The van der Waals surface area contributed by atoms with Crippen LogP contribution in [0.15, 0.2) is 67.6 Å². The largest absolute Gasteiger partial charge is 0.322 e. The van der Waals surface area contributed by atoms with Crippen LogP contribution in [0, 0.1) is 12.3 Å². The number of halogens is 1. The van der Waals surface area contributed by atoms with Crippen molar-refractivity contribution in [1.82, 2.24) is 39.2 Å². The third kappa shape index (κ3) is 3.80. The Labute approximate surface area is 207 Å². The van der Waals surface area contributed by atoms with E-state index in [0.29, 0.717) is 6.54 Å². The number of rotatable bonds is 8. The van der Waals surface area contributed by atoms with Crippen molar-refractivity contribution in [3.05, 3.63) is 84.5 Å². The second-order valence-electron chi connectivity index (χ2n) is 10.6. The van der Waals surface area contributed by atoms with Gasteiger partial charge in [0.2, 0.25) is 0 Å². The van der Waals surface area contributed by atoms with Gasteiger partial charge >= 0.3 is 0 Å². The molecule has 0 amide bonds. The average Bonchev–Trinajstić information content (AvgIpc) is 3.57. The van der Waals surface area contributed by atoms with E-state index in [2.05, 4.69) is 58.1 Å². The maximum atomic E-state index is 13.7. The fourth-order valence-electron chi connectivity index (χ4n) is 5.84. The van der Waals surface area contributed by atoms with Crippen LogP contribution in [-0.4, -0.2) is 46.1 Å². The Bertz CT molecular complexity index is 1560. The summed E-state index contributed by atoms with van der Waals surface area (Å²) in [6.45, 7) is 4.26. The molecule has 9 heteroatoms. The molecular weight excluding hydrogens is 455 g/mol. The highest BCUT2D eigenvalue weighted by Gasteiger charge is 2.68. The van der Waals surface area contributed by atoms with Gasteiger partial charge in [0.15, 0.2) is 0 Å². The van der Waals surface area contributed by atoms with Crippen molar-refractivity contribution in [2.24, 2.45) is 5.41 Å². The quantitative estimate of drug-likeness (QED) is 0.360. The number of pyridine rings is 2. The normalized spacial score (nSPS) is 22.5. The molecule has 3 fully saturated rings. The summed E-state index contributed by atoms with van der Waals surface area (Å²) in [7, 11) is 0. The van der Waals surface area contributed by atoms with E-state index < -0.39 is 5.67 Å². The second kappa shape index (κ2) is 7.83. The molecule has 0 aliphatic heterocycles. The molecule has 2 bridgehead atoms. The van der Waals surface area contributed by atoms with Crippen molar-refractivity contribution in [3.8, 4) is 16.9 Å². The highest BCUT2D eigenvalue weighted by molar-refractivity contribution is 5.59. The van der Waals surface area contributed by atoms with Gasteiger partial charge in [-0.25, -0.2) is 14.1 Å². The minimum atomic E-state index is -0.832. The molecule has 0 radical (unpaired) electrons. The van der Waals surface area contributed by atoms with E-state index in [1.54, 1.807) is 10.9 Å². The molecule has 8 rings (SSSR count). The molecule has 0 spiro atoms. The van der Waals surface area contributed by atoms with Crippen LogP contribution < -0.4 is 5.32 Å². The van der Waals surface area contributed by atoms with Gasteiger partial charge in [-0.1, -0.05) is 11.3 Å². The molecule has 0 unspecified atom stereocenters. The summed E-state index contributed by atoms with van der Waals surface area (Å²) in [5, 5.41) is 12.2. The van der Waals surface area contributed by atoms with Crippen LogP contribution in [0.5, 0.6) is 0 Å². The number of hydrogen-bond donors (Lipinski definition) is 1. The maximum Gasteiger partial charge on any atom is 0.137 e. The van der Waals surface area contributed by atoms with Gasteiger partial charge in [0.05, 0.1) is 30.3 Å². The molecule has 5 aromatic rings. The van der Waals surface area contributed by atoms with Crippen molar-refractivity contribution in [2.45, 2.75) is 44.9 Å². The van der Waals surface area contributed by atoms with E-state index in [1.165, 1.54) is 11.1 Å². The first kappa shape index (κ1) is 21.4. The van der Waals surface area contributed by atoms with Gasteiger partial charge in [0.1, 0.15) is 17.0 Å². The van der Waals surface area contributed by atoms with E-state index in [1.807, 2.05) is 39.8 Å². The van der Waals surface area contributed by atoms with Gasteiger partial charge in [0.25, 0.3) is 0 Å². The zero-order valence-corrected chi connectivity index (χ0v) is 20.1. The summed E-state index contributed by atoms with van der Waals surface area (Å²) in [5.41, 5.74) is 6.24. The first-order valence-corrected chi connectivity index (χ1v) is 12.3. The van der Waals surface area contributed by atoms with Crippen molar-refractivity contribution < 1.29 is 4.39 Å². The number of hydrogen-bond acceptors (Lipinski definition) is 5. The van der Waals surface area contributed by atoms with E-state index in [0.717, 1.165) is 60.6 Å². The van der Waals surface area contributed by atoms with Crippen LogP contribution >= 0.6 is 0 Å². The van der Waals surface area contributed by atoms with Crippen molar-refractivity contribution >= 4 is 5.65 Å². The van der Waals surface area contributed by atoms with Gasteiger partial charge in [-0.3, -0.25) is 4.98 Å². The molecule has 3 aliphatic rings. The first-order valence-electron chi connectivity index (χ1n) is 12.3. The molecule has 5 heterocycles. The Hall–Kier alpha value is -3.85. The Morgan fingerprint density at radius 2 is 1.94 bits per heavy atom. The molecule has 8 nitrogen and oxygen atoms in total. The van der Waals surface area contributed by atoms with Gasteiger partial charge in [0, 0.05) is 49.6 Å². The number of nitrogens with zero attached hydrogens (tertiary/aromatic N) is 7. The number of nitrogens with one attached hydrogen (secondary N) is 1. The summed E-state index contributed by atoms with van der Waals surface area (Å²) < 4.78 is 19.6. The highest BCUT2D eigenvalue weighted by atomic mass is 19.1. The molecule has 3 aliphatic carbocycles. The van der Waals surface area contributed by atoms with Crippen LogP contribution in [0.1, 0.15) is 36.1 Å². The van der Waals surface area contributed by atoms with E-state index in [9.17, 15) is 4.39 Å². The van der Waals surface area contributed by atoms with Crippen molar-refractivity contribution in [3.63, 3.8) is 0 Å². The highest BCUT2D eigenvalue weighted by Crippen LogP contribution is 2.69. The lowest BCUT2D eigenvalue weighted by Crippen LogP contribution is -2.67. The van der Waals surface area contributed by atoms with Crippen LogP contribution in [-0.2, 0) is 13.1 Å². The molecular formula is C27H27FN8. The van der Waals surface area contributed by atoms with Gasteiger partial charge in [-0.15, -0.1) is 5.10 Å². The lowest BCUT2D eigenvalue weighted by molar-refractivity contribution is -0.209. The Balaban J connectivity index is 1.02. The standard InChI is InChI=1S/C27H27FN8/c1-19-4-5-34(10-19)23-6-21(8-29-9-23)24-14-36(33-32-24)13-22-12-35-11-20(2-3-25(35)31-22)7-30-18-26-15-27(28,16-26)17-26/h2-6,8-12,14,30H,7,13,15-18H2,1H3. The monoisotopic (exact) mass is 482 g/mol. The smallest absolute Gasteiger partial charge is 0.137 e. The van der Waals surface area contributed by atoms with E-state index >= 15 is 0 Å². The van der Waals surface area contributed by atoms with Crippen LogP contribution in [0.3, 0.4) is 0 Å². The number of alkyl halides is 1. The van der Waals surface area contributed by atoms with Crippen molar-refractivity contribution in [1.29, 1.82) is 0 Å². The number of aryl methyl sites for hydroxylation is 1. The Kier molecular flexibility index (Phi) is 4.66. The molecule has 0 atom stereocenters. The number of imidazole rings is 1. The first-order chi connectivity index (χ1) is 17.4. The van der Waals surface area contributed by atoms with Crippen LogP contribution in [0.25, 0.3) is 22.6 Å². The topological polar surface area (TPSA) is 77.9 Å². The molecule has 182 valence electrons. The third-order valence-electron chi connectivity index (χ3n) is 7.49. The van der Waals surface area contributed by atoms with Gasteiger partial charge < -0.3 is 14.3 Å². The molecule has 36 heavy (non-hydrogen) atoms. The summed E-state index contributed by atoms with van der Waals surface area (Å²) in [5.74, 6) is 0. The summed E-state index contributed by atoms with van der Waals surface area (Å²) in [6.07, 6.45) is 16.0. The van der Waals surface area contributed by atoms with Crippen molar-refractivity contribution in [2.75, 3.05) is 6.54 Å². The van der Waals surface area contributed by atoms with Crippen LogP contribution in [0.2, 0.25) is 0 Å². The maximum absolute atomic E-state index is 13.7. The van der Waals surface area contributed by atoms with E-state index in [4.69, 9.17) is 4.98 Å². The molecule has 3 saturated carbocycles. The third-order valence-corrected chi connectivity index (χ3v) is 7.49. The van der Waals surface area contributed by atoms with Crippen LogP contribution in [0.4, 0.5) is 4.39 Å². The summed E-state index contributed by atoms with van der Waals surface area (Å²) in [6, 6.07) is 8.25. The molecule has 1 N–H and O–H groups in total. The molecule has 5 aromatic heterocycles. The lowest BCUT2D eigenvalue weighted by Gasteiger charge is -2.66. The zero-order valence-electron chi connectivity index (χ0n) is 20.1. The average molecular weight is 483 g/mol. The fraction of sp³-hybridized carbons (Fsp3) is 0.333. The van der Waals surface area contributed by atoms with E-state index in [-0.39, 0.29) is 5.41 Å². The summed E-state index contributed by atoms with van der Waals surface area (Å²) in [4.78, 5) is 9.13. The SMILES string of the molecule is Cc1ccn(-c2cncc(-c3cn(Cc4cn5cc(CNCC67CC(F)(C6)C7)ccc5n4)nn3)c2)c1. The molecule has 0 saturated heterocycles. The zero-order chi connectivity index (χ0) is 24.3. The minimum absolute atomic E-state index is 0.219. The fourth-order valence-corrected chi connectivity index (χ4v) is 5.84. The number of fused-ring (bicyclic) bond motifs is 1.